The number of thiophene rings is 1. The molecule has 3 rings (SSSR count). The molecule has 29 heavy (non-hydrogen) atoms. The molecule has 4 N–H and O–H groups in total. The van der Waals surface area contributed by atoms with Crippen molar-refractivity contribution in [3.8, 4) is 10.4 Å². The van der Waals surface area contributed by atoms with Crippen LogP contribution in [0.2, 0.25) is 0 Å². The van der Waals surface area contributed by atoms with E-state index < -0.39 is 15.6 Å². The molecule has 0 saturated carbocycles. The SMILES string of the molecule is C.CNC(=O)c1cnc(N)c2cc(-c3ccc(S(=O)(=O)NC(C)(C)C)cc3)sc12. The minimum atomic E-state index is -3.60. The van der Waals surface area contributed by atoms with Crippen LogP contribution in [0, 0.1) is 0 Å². The Hall–Kier alpha value is -2.49. The smallest absolute Gasteiger partial charge is 0.254 e. The molecular weight excluding hydrogens is 408 g/mol. The van der Waals surface area contributed by atoms with Crippen LogP contribution in [-0.4, -0.2) is 31.9 Å². The van der Waals surface area contributed by atoms with E-state index in [-0.39, 0.29) is 18.2 Å². The summed E-state index contributed by atoms with van der Waals surface area (Å²) < 4.78 is 28.3. The Morgan fingerprint density at radius 1 is 1.17 bits per heavy atom. The van der Waals surface area contributed by atoms with Crippen LogP contribution in [0.3, 0.4) is 0 Å². The van der Waals surface area contributed by atoms with E-state index in [1.54, 1.807) is 52.1 Å². The van der Waals surface area contributed by atoms with Crippen molar-refractivity contribution in [2.24, 2.45) is 0 Å². The summed E-state index contributed by atoms with van der Waals surface area (Å²) in [4.78, 5) is 17.3. The van der Waals surface area contributed by atoms with E-state index >= 15 is 0 Å². The first-order valence-corrected chi connectivity index (χ1v) is 10.9. The maximum atomic E-state index is 12.5. The zero-order chi connectivity index (χ0) is 20.7. The second-order valence-electron chi connectivity index (χ2n) is 7.37. The van der Waals surface area contributed by atoms with Gasteiger partial charge in [-0.3, -0.25) is 4.79 Å². The Bertz CT molecular complexity index is 1140. The summed E-state index contributed by atoms with van der Waals surface area (Å²) in [5, 5.41) is 3.30. The number of pyridine rings is 1. The van der Waals surface area contributed by atoms with Gasteiger partial charge in [-0.15, -0.1) is 11.3 Å². The third-order valence-corrected chi connectivity index (χ3v) is 6.94. The van der Waals surface area contributed by atoms with E-state index in [1.165, 1.54) is 17.5 Å². The molecule has 1 amide bonds. The molecule has 0 radical (unpaired) electrons. The number of nitrogens with one attached hydrogen (secondary N) is 2. The summed E-state index contributed by atoms with van der Waals surface area (Å²) in [6.07, 6.45) is 1.46. The lowest BCUT2D eigenvalue weighted by Crippen LogP contribution is -2.40. The monoisotopic (exact) mass is 434 g/mol. The Labute approximate surface area is 175 Å². The highest BCUT2D eigenvalue weighted by Crippen LogP contribution is 2.37. The largest absolute Gasteiger partial charge is 0.383 e. The average Bonchev–Trinajstić information content (AvgIpc) is 3.06. The first kappa shape index (κ1) is 22.8. The Morgan fingerprint density at radius 3 is 2.34 bits per heavy atom. The quantitative estimate of drug-likeness (QED) is 0.580. The van der Waals surface area contributed by atoms with Crippen LogP contribution in [-0.2, 0) is 10.0 Å². The van der Waals surface area contributed by atoms with Gasteiger partial charge in [0.1, 0.15) is 5.82 Å². The van der Waals surface area contributed by atoms with E-state index in [1.807, 2.05) is 6.07 Å². The van der Waals surface area contributed by atoms with Gasteiger partial charge in [0.05, 0.1) is 15.2 Å². The Morgan fingerprint density at radius 2 is 1.79 bits per heavy atom. The van der Waals surface area contributed by atoms with Gasteiger partial charge in [-0.25, -0.2) is 18.1 Å². The summed E-state index contributed by atoms with van der Waals surface area (Å²) in [5.74, 6) is 0.110. The van der Waals surface area contributed by atoms with E-state index in [4.69, 9.17) is 5.73 Å². The van der Waals surface area contributed by atoms with E-state index in [0.717, 1.165) is 15.1 Å². The number of nitrogen functional groups attached to an aromatic ring is 1. The predicted molar refractivity (Wildman–Crippen MR) is 120 cm³/mol. The summed E-state index contributed by atoms with van der Waals surface area (Å²) in [6, 6.07) is 8.48. The van der Waals surface area contributed by atoms with Gasteiger partial charge in [0.25, 0.3) is 5.91 Å². The summed E-state index contributed by atoms with van der Waals surface area (Å²) in [6.45, 7) is 5.37. The Balaban J connectivity index is 0.00000300. The standard InChI is InChI=1S/C19H22N4O3S2.CH4/c1-19(2,3)23-28(25,26)12-7-5-11(6-8-12)15-9-13-16(27-15)14(18(24)21-4)10-22-17(13)20;/h5-10,23H,1-4H3,(H2,20,22)(H,21,24);1H4. The molecule has 0 aliphatic rings. The molecule has 2 aromatic heterocycles. The number of hydrogen-bond donors (Lipinski definition) is 3. The zero-order valence-electron chi connectivity index (χ0n) is 16.0. The topological polar surface area (TPSA) is 114 Å². The highest BCUT2D eigenvalue weighted by atomic mass is 32.2. The lowest BCUT2D eigenvalue weighted by molar-refractivity contribution is 0.0964. The maximum Gasteiger partial charge on any atom is 0.254 e. The summed E-state index contributed by atoms with van der Waals surface area (Å²) in [7, 11) is -2.04. The normalized spacial score (nSPS) is 11.9. The lowest BCUT2D eigenvalue weighted by Gasteiger charge is -2.20. The third-order valence-electron chi connectivity index (χ3n) is 3.95. The number of carbonyl (C=O) groups is 1. The summed E-state index contributed by atoms with van der Waals surface area (Å²) >= 11 is 1.41. The number of sulfonamides is 1. The number of rotatable bonds is 4. The van der Waals surface area contributed by atoms with Crippen molar-refractivity contribution in [2.75, 3.05) is 12.8 Å². The minimum absolute atomic E-state index is 0. The fraction of sp³-hybridized carbons (Fsp3) is 0.300. The van der Waals surface area contributed by atoms with Gasteiger partial charge in [-0.1, -0.05) is 19.6 Å². The molecule has 1 aromatic carbocycles. The van der Waals surface area contributed by atoms with Crippen molar-refractivity contribution in [3.63, 3.8) is 0 Å². The van der Waals surface area contributed by atoms with Gasteiger partial charge in [-0.2, -0.15) is 0 Å². The van der Waals surface area contributed by atoms with Crippen LogP contribution in [0.1, 0.15) is 38.6 Å². The summed E-state index contributed by atoms with van der Waals surface area (Å²) in [5.41, 5.74) is 6.70. The van der Waals surface area contributed by atoms with Crippen molar-refractivity contribution in [3.05, 3.63) is 42.1 Å². The second kappa shape index (κ2) is 8.10. The molecule has 0 atom stereocenters. The van der Waals surface area contributed by atoms with Gasteiger partial charge in [0.2, 0.25) is 10.0 Å². The van der Waals surface area contributed by atoms with Crippen LogP contribution in [0.5, 0.6) is 0 Å². The number of hydrogen-bond acceptors (Lipinski definition) is 6. The van der Waals surface area contributed by atoms with E-state index in [0.29, 0.717) is 16.8 Å². The molecule has 0 aliphatic heterocycles. The average molecular weight is 435 g/mol. The third kappa shape index (κ3) is 4.75. The lowest BCUT2D eigenvalue weighted by atomic mass is 10.1. The van der Waals surface area contributed by atoms with E-state index in [9.17, 15) is 13.2 Å². The van der Waals surface area contributed by atoms with Crippen LogP contribution < -0.4 is 15.8 Å². The highest BCUT2D eigenvalue weighted by Gasteiger charge is 2.22. The van der Waals surface area contributed by atoms with Gasteiger partial charge in [0.15, 0.2) is 0 Å². The van der Waals surface area contributed by atoms with Crippen molar-refractivity contribution in [2.45, 2.75) is 38.6 Å². The minimum Gasteiger partial charge on any atom is -0.383 e. The van der Waals surface area contributed by atoms with Gasteiger partial charge >= 0.3 is 0 Å². The fourth-order valence-corrected chi connectivity index (χ4v) is 5.34. The number of carbonyl (C=O) groups excluding carboxylic acids is 1. The Kier molecular flexibility index (Phi) is 6.36. The number of anilines is 1. The molecule has 156 valence electrons. The van der Waals surface area contributed by atoms with Crippen molar-refractivity contribution in [1.29, 1.82) is 0 Å². The molecule has 9 heteroatoms. The molecule has 2 heterocycles. The molecule has 0 spiro atoms. The number of aromatic nitrogens is 1. The molecule has 0 fully saturated rings. The van der Waals surface area contributed by atoms with Crippen molar-refractivity contribution in [1.82, 2.24) is 15.0 Å². The number of fused-ring (bicyclic) bond motifs is 1. The molecular formula is C20H26N4O3S2. The fourth-order valence-electron chi connectivity index (χ4n) is 2.74. The van der Waals surface area contributed by atoms with E-state index in [2.05, 4.69) is 15.0 Å². The second-order valence-corrected chi connectivity index (χ2v) is 10.1. The first-order chi connectivity index (χ1) is 13.0. The highest BCUT2D eigenvalue weighted by molar-refractivity contribution is 7.89. The van der Waals surface area contributed by atoms with Crippen molar-refractivity contribution < 1.29 is 13.2 Å². The van der Waals surface area contributed by atoms with Crippen LogP contribution in [0.4, 0.5) is 5.82 Å². The number of amides is 1. The van der Waals surface area contributed by atoms with Gasteiger partial charge in [-0.05, 0) is 44.5 Å². The maximum absolute atomic E-state index is 12.5. The number of nitrogens with zero attached hydrogens (tertiary/aromatic N) is 1. The van der Waals surface area contributed by atoms with Crippen molar-refractivity contribution >= 4 is 43.2 Å². The predicted octanol–water partition coefficient (Wildman–Crippen LogP) is 3.62. The van der Waals surface area contributed by atoms with Gasteiger partial charge in [0, 0.05) is 29.0 Å². The van der Waals surface area contributed by atoms with Crippen LogP contribution in [0.25, 0.3) is 20.5 Å². The molecule has 0 bridgehead atoms. The van der Waals surface area contributed by atoms with Gasteiger partial charge < -0.3 is 11.1 Å². The molecule has 3 aromatic rings. The van der Waals surface area contributed by atoms with Crippen LogP contribution >= 0.6 is 11.3 Å². The molecule has 0 saturated heterocycles. The number of nitrogens with two attached hydrogens (primary N) is 1. The van der Waals surface area contributed by atoms with Crippen LogP contribution in [0.15, 0.2) is 41.4 Å². The zero-order valence-corrected chi connectivity index (χ0v) is 17.7. The molecule has 0 unspecified atom stereocenters. The first-order valence-electron chi connectivity index (χ1n) is 8.56. The molecule has 0 aliphatic carbocycles. The molecule has 7 nitrogen and oxygen atoms in total. The number of benzene rings is 1.